The third kappa shape index (κ3) is 4.49. The summed E-state index contributed by atoms with van der Waals surface area (Å²) in [5, 5.41) is 5.12. The van der Waals surface area contributed by atoms with Crippen molar-refractivity contribution in [1.82, 2.24) is 4.57 Å². The van der Waals surface area contributed by atoms with Gasteiger partial charge in [-0.3, -0.25) is 0 Å². The van der Waals surface area contributed by atoms with Crippen molar-refractivity contribution < 1.29 is 0 Å². The molecule has 0 atom stereocenters. The molecule has 0 amide bonds. The highest BCUT2D eigenvalue weighted by Crippen LogP contribution is 2.59. The molecule has 0 fully saturated rings. The molecule has 49 heavy (non-hydrogen) atoms. The first-order chi connectivity index (χ1) is 24.2. The Bertz CT molecular complexity index is 2680. The van der Waals surface area contributed by atoms with Crippen LogP contribution in [0.1, 0.15) is 5.56 Å². The molecule has 0 bridgehead atoms. The zero-order chi connectivity index (χ0) is 32.5. The van der Waals surface area contributed by atoms with Crippen LogP contribution in [0.15, 0.2) is 176 Å². The van der Waals surface area contributed by atoms with E-state index in [1.54, 1.807) is 0 Å². The second kappa shape index (κ2) is 10.8. The molecular formula is C47H32N2. The van der Waals surface area contributed by atoms with Crippen LogP contribution in [0.5, 0.6) is 0 Å². The second-order valence-corrected chi connectivity index (χ2v) is 13.1. The Labute approximate surface area is 285 Å². The Morgan fingerprint density at radius 2 is 0.918 bits per heavy atom. The summed E-state index contributed by atoms with van der Waals surface area (Å²) >= 11 is 0. The van der Waals surface area contributed by atoms with Crippen LogP contribution in [-0.4, -0.2) is 4.57 Å². The maximum absolute atomic E-state index is 2.39. The van der Waals surface area contributed by atoms with E-state index >= 15 is 0 Å². The van der Waals surface area contributed by atoms with Gasteiger partial charge in [-0.25, -0.2) is 0 Å². The molecule has 2 nitrogen and oxygen atoms in total. The molecule has 1 aromatic heterocycles. The van der Waals surface area contributed by atoms with Gasteiger partial charge in [0, 0.05) is 27.5 Å². The number of aryl methyl sites for hydroxylation is 1. The molecule has 0 unspecified atom stereocenters. The van der Waals surface area contributed by atoms with Crippen LogP contribution in [-0.2, 0) is 0 Å². The lowest BCUT2D eigenvalue weighted by molar-refractivity contribution is 1.17. The van der Waals surface area contributed by atoms with Crippen LogP contribution in [0.4, 0.5) is 17.1 Å². The Hall–Kier alpha value is -6.38. The fraction of sp³-hybridized carbons (Fsp3) is 0.0213. The SMILES string of the molecule is Cc1ccc(-n2c3ccccc3c3cc(-c4ccc(-c5cc6c(c7ccccc57)N6c5ccc(-c6ccccc6)cc5)cc4)ccc32)cc1. The number of nitrogens with zero attached hydrogens (tertiary/aromatic N) is 2. The third-order valence-corrected chi connectivity index (χ3v) is 10.1. The number of hydrogen-bond donors (Lipinski definition) is 0. The zero-order valence-corrected chi connectivity index (χ0v) is 27.1. The van der Waals surface area contributed by atoms with Crippen molar-refractivity contribution in [3.8, 4) is 39.1 Å². The molecule has 0 saturated carbocycles. The third-order valence-electron chi connectivity index (χ3n) is 10.1. The average Bonchev–Trinajstić information content (AvgIpc) is 3.82. The van der Waals surface area contributed by atoms with E-state index in [1.807, 2.05) is 0 Å². The van der Waals surface area contributed by atoms with Crippen LogP contribution >= 0.6 is 0 Å². The molecule has 8 aromatic carbocycles. The molecule has 1 aliphatic heterocycles. The van der Waals surface area contributed by atoms with E-state index < -0.39 is 0 Å². The van der Waals surface area contributed by atoms with E-state index in [9.17, 15) is 0 Å². The monoisotopic (exact) mass is 624 g/mol. The molecule has 0 radical (unpaired) electrons. The van der Waals surface area contributed by atoms with Gasteiger partial charge >= 0.3 is 0 Å². The molecule has 1 aliphatic rings. The molecular weight excluding hydrogens is 593 g/mol. The van der Waals surface area contributed by atoms with E-state index in [4.69, 9.17) is 0 Å². The van der Waals surface area contributed by atoms with Crippen molar-refractivity contribution >= 4 is 49.6 Å². The van der Waals surface area contributed by atoms with Gasteiger partial charge in [0.1, 0.15) is 0 Å². The molecule has 2 heterocycles. The number of aromatic nitrogens is 1. The van der Waals surface area contributed by atoms with Crippen LogP contribution in [0.3, 0.4) is 0 Å². The van der Waals surface area contributed by atoms with Gasteiger partial charge in [-0.05, 0) is 94.2 Å². The summed E-state index contributed by atoms with van der Waals surface area (Å²) in [6.45, 7) is 2.14. The first-order valence-corrected chi connectivity index (χ1v) is 16.9. The summed E-state index contributed by atoms with van der Waals surface area (Å²) in [5.74, 6) is 0. The molecule has 9 aromatic rings. The summed E-state index contributed by atoms with van der Waals surface area (Å²) in [5.41, 5.74) is 16.1. The number of para-hydroxylation sites is 1. The molecule has 0 aliphatic carbocycles. The summed E-state index contributed by atoms with van der Waals surface area (Å²) in [4.78, 5) is 2.39. The largest absolute Gasteiger partial charge is 0.309 e. The van der Waals surface area contributed by atoms with E-state index in [2.05, 4.69) is 192 Å². The lowest BCUT2D eigenvalue weighted by Crippen LogP contribution is -1.93. The highest BCUT2D eigenvalue weighted by molar-refractivity contribution is 6.20. The van der Waals surface area contributed by atoms with Gasteiger partial charge < -0.3 is 9.47 Å². The van der Waals surface area contributed by atoms with Crippen LogP contribution in [0.25, 0.3) is 71.6 Å². The van der Waals surface area contributed by atoms with E-state index in [-0.39, 0.29) is 0 Å². The topological polar surface area (TPSA) is 7.94 Å². The minimum Gasteiger partial charge on any atom is -0.309 e. The highest BCUT2D eigenvalue weighted by Gasteiger charge is 2.34. The van der Waals surface area contributed by atoms with Crippen molar-refractivity contribution in [2.24, 2.45) is 0 Å². The average molecular weight is 625 g/mol. The standard InChI is InChI=1S/C47H32N2/c1-31-15-24-37(25-16-31)48-44-14-8-7-12-40(44)43-29-36(23-28-45(43)48)34-17-19-35(20-18-34)42-30-46-47(41-13-6-5-11-39(41)42)49(46)38-26-21-33(22-27-38)32-9-3-2-4-10-32/h2-30H,1H3. The molecule has 0 spiro atoms. The quantitative estimate of drug-likeness (QED) is 0.173. The first kappa shape index (κ1) is 27.7. The number of benzene rings is 8. The van der Waals surface area contributed by atoms with Gasteiger partial charge in [0.25, 0.3) is 0 Å². The zero-order valence-electron chi connectivity index (χ0n) is 27.1. The van der Waals surface area contributed by atoms with Crippen molar-refractivity contribution in [2.45, 2.75) is 6.92 Å². The predicted molar refractivity (Wildman–Crippen MR) is 208 cm³/mol. The Morgan fingerprint density at radius 1 is 0.367 bits per heavy atom. The lowest BCUT2D eigenvalue weighted by Gasteiger charge is -2.09. The maximum Gasteiger partial charge on any atom is 0.0782 e. The summed E-state index contributed by atoms with van der Waals surface area (Å²) in [6.07, 6.45) is 0. The van der Waals surface area contributed by atoms with Crippen molar-refractivity contribution in [1.29, 1.82) is 0 Å². The molecule has 10 rings (SSSR count). The first-order valence-electron chi connectivity index (χ1n) is 16.9. The van der Waals surface area contributed by atoms with E-state index in [0.717, 1.165) is 0 Å². The van der Waals surface area contributed by atoms with Crippen molar-refractivity contribution in [3.05, 3.63) is 181 Å². The fourth-order valence-electron chi connectivity index (χ4n) is 7.62. The van der Waals surface area contributed by atoms with Gasteiger partial charge in [-0.1, -0.05) is 133 Å². The number of hydrogen-bond acceptors (Lipinski definition) is 1. The number of fused-ring (bicyclic) bond motifs is 6. The normalized spacial score (nSPS) is 12.1. The molecule has 0 saturated heterocycles. The van der Waals surface area contributed by atoms with Gasteiger partial charge in [-0.15, -0.1) is 0 Å². The Morgan fingerprint density at radius 3 is 1.69 bits per heavy atom. The predicted octanol–water partition coefficient (Wildman–Crippen LogP) is 13.0. The van der Waals surface area contributed by atoms with Crippen molar-refractivity contribution in [2.75, 3.05) is 4.90 Å². The molecule has 2 heteroatoms. The number of rotatable bonds is 5. The molecule has 0 N–H and O–H groups in total. The lowest BCUT2D eigenvalue weighted by atomic mass is 9.96. The smallest absolute Gasteiger partial charge is 0.0782 e. The minimum absolute atomic E-state index is 1.19. The highest BCUT2D eigenvalue weighted by atomic mass is 15.3. The van der Waals surface area contributed by atoms with Gasteiger partial charge in [0.15, 0.2) is 0 Å². The Balaban J connectivity index is 1.01. The second-order valence-electron chi connectivity index (χ2n) is 13.1. The van der Waals surface area contributed by atoms with Gasteiger partial charge in [-0.2, -0.15) is 0 Å². The van der Waals surface area contributed by atoms with Crippen LogP contribution in [0, 0.1) is 6.92 Å². The van der Waals surface area contributed by atoms with Crippen LogP contribution < -0.4 is 4.90 Å². The van der Waals surface area contributed by atoms with Gasteiger partial charge in [0.2, 0.25) is 0 Å². The minimum atomic E-state index is 1.19. The Kier molecular flexibility index (Phi) is 6.13. The van der Waals surface area contributed by atoms with E-state index in [0.29, 0.717) is 0 Å². The summed E-state index contributed by atoms with van der Waals surface area (Å²) < 4.78 is 2.38. The maximum atomic E-state index is 2.39. The van der Waals surface area contributed by atoms with Crippen molar-refractivity contribution in [3.63, 3.8) is 0 Å². The van der Waals surface area contributed by atoms with Gasteiger partial charge in [0.05, 0.1) is 22.4 Å². The number of anilines is 3. The van der Waals surface area contributed by atoms with E-state index in [1.165, 1.54) is 94.3 Å². The summed E-state index contributed by atoms with van der Waals surface area (Å²) in [6, 6.07) is 64.2. The fourth-order valence-corrected chi connectivity index (χ4v) is 7.62. The van der Waals surface area contributed by atoms with Crippen LogP contribution in [0.2, 0.25) is 0 Å². The molecule has 230 valence electrons. The summed E-state index contributed by atoms with van der Waals surface area (Å²) in [7, 11) is 0.